The van der Waals surface area contributed by atoms with Crippen molar-refractivity contribution < 1.29 is 35.9 Å². The second-order valence-electron chi connectivity index (χ2n) is 7.50. The molecule has 9 nitrogen and oxygen atoms in total. The standard InChI is InChI=1S/C19H25F3N4O5S/c20-19(21,22)15-2-1-3-16(12-15)32(29,30)23-13-17(27)25-4-6-26(7-5-25)18(28)14-24-8-10-31-11-9-24/h1-3,12,23H,4-11,13-14H2. The first kappa shape index (κ1) is 24.4. The molecule has 1 N–H and O–H groups in total. The minimum atomic E-state index is -4.68. The van der Waals surface area contributed by atoms with Crippen LogP contribution in [0.1, 0.15) is 5.56 Å². The Morgan fingerprint density at radius 1 is 0.969 bits per heavy atom. The van der Waals surface area contributed by atoms with Gasteiger partial charge >= 0.3 is 6.18 Å². The predicted molar refractivity (Wildman–Crippen MR) is 107 cm³/mol. The molecule has 0 unspecified atom stereocenters. The number of carbonyl (C=O) groups is 2. The summed E-state index contributed by atoms with van der Waals surface area (Å²) in [7, 11) is -4.30. The minimum Gasteiger partial charge on any atom is -0.379 e. The van der Waals surface area contributed by atoms with Crippen molar-refractivity contribution in [3.8, 4) is 0 Å². The Hall–Kier alpha value is -2.22. The third kappa shape index (κ3) is 6.40. The summed E-state index contributed by atoms with van der Waals surface area (Å²) in [4.78, 5) is 29.3. The predicted octanol–water partition coefficient (Wildman–Crippen LogP) is -0.0133. The maximum atomic E-state index is 12.8. The van der Waals surface area contributed by atoms with E-state index in [1.165, 1.54) is 4.90 Å². The molecule has 2 heterocycles. The molecule has 178 valence electrons. The van der Waals surface area contributed by atoms with Crippen molar-refractivity contribution in [1.29, 1.82) is 0 Å². The molecule has 1 aromatic rings. The average Bonchev–Trinajstić information content (AvgIpc) is 2.78. The van der Waals surface area contributed by atoms with Gasteiger partial charge in [0.2, 0.25) is 21.8 Å². The number of amides is 2. The summed E-state index contributed by atoms with van der Waals surface area (Å²) in [5, 5.41) is 0. The van der Waals surface area contributed by atoms with E-state index in [2.05, 4.69) is 4.72 Å². The van der Waals surface area contributed by atoms with Crippen LogP contribution >= 0.6 is 0 Å². The van der Waals surface area contributed by atoms with Crippen molar-refractivity contribution in [3.05, 3.63) is 29.8 Å². The fourth-order valence-corrected chi connectivity index (χ4v) is 4.47. The first-order chi connectivity index (χ1) is 15.1. The Morgan fingerprint density at radius 2 is 1.56 bits per heavy atom. The minimum absolute atomic E-state index is 0.0377. The maximum absolute atomic E-state index is 12.8. The van der Waals surface area contributed by atoms with Crippen LogP contribution in [0, 0.1) is 0 Å². The molecule has 0 aromatic heterocycles. The van der Waals surface area contributed by atoms with E-state index in [1.54, 1.807) is 4.90 Å². The van der Waals surface area contributed by atoms with Gasteiger partial charge in [-0.3, -0.25) is 14.5 Å². The first-order valence-corrected chi connectivity index (χ1v) is 11.6. The molecule has 0 bridgehead atoms. The second-order valence-corrected chi connectivity index (χ2v) is 9.27. The van der Waals surface area contributed by atoms with Gasteiger partial charge in [0.05, 0.1) is 36.8 Å². The summed E-state index contributed by atoms with van der Waals surface area (Å²) >= 11 is 0. The van der Waals surface area contributed by atoms with E-state index in [4.69, 9.17) is 4.74 Å². The van der Waals surface area contributed by atoms with E-state index in [0.29, 0.717) is 45.5 Å². The Labute approximate surface area is 184 Å². The quantitative estimate of drug-likeness (QED) is 0.618. The van der Waals surface area contributed by atoms with Crippen molar-refractivity contribution in [1.82, 2.24) is 19.4 Å². The van der Waals surface area contributed by atoms with Crippen LogP contribution in [-0.2, 0) is 30.5 Å². The molecule has 2 saturated heterocycles. The molecule has 0 radical (unpaired) electrons. The number of sulfonamides is 1. The summed E-state index contributed by atoms with van der Waals surface area (Å²) in [5.74, 6) is -0.551. The zero-order chi connectivity index (χ0) is 23.4. The van der Waals surface area contributed by atoms with E-state index < -0.39 is 39.1 Å². The van der Waals surface area contributed by atoms with E-state index in [0.717, 1.165) is 18.2 Å². The van der Waals surface area contributed by atoms with Crippen molar-refractivity contribution in [3.63, 3.8) is 0 Å². The average molecular weight is 478 g/mol. The molecule has 0 atom stereocenters. The summed E-state index contributed by atoms with van der Waals surface area (Å²) in [5.41, 5.74) is -1.09. The van der Waals surface area contributed by atoms with Gasteiger partial charge < -0.3 is 14.5 Å². The highest BCUT2D eigenvalue weighted by molar-refractivity contribution is 7.89. The highest BCUT2D eigenvalue weighted by Gasteiger charge is 2.32. The Bertz CT molecular complexity index is 927. The Balaban J connectivity index is 1.48. The number of hydrogen-bond acceptors (Lipinski definition) is 6. The molecule has 1 aromatic carbocycles. The molecular weight excluding hydrogens is 453 g/mol. The molecule has 0 spiro atoms. The number of halogens is 3. The number of nitrogens with one attached hydrogen (secondary N) is 1. The van der Waals surface area contributed by atoms with Crippen LogP contribution in [0.4, 0.5) is 13.2 Å². The van der Waals surface area contributed by atoms with Crippen LogP contribution in [0.25, 0.3) is 0 Å². The molecule has 32 heavy (non-hydrogen) atoms. The number of hydrogen-bond donors (Lipinski definition) is 1. The van der Waals surface area contributed by atoms with Gasteiger partial charge in [0.15, 0.2) is 0 Å². The molecule has 3 rings (SSSR count). The van der Waals surface area contributed by atoms with Crippen LogP contribution in [-0.4, -0.2) is 101 Å². The van der Waals surface area contributed by atoms with Gasteiger partial charge in [0.1, 0.15) is 0 Å². The van der Waals surface area contributed by atoms with Crippen molar-refractivity contribution >= 4 is 21.8 Å². The first-order valence-electron chi connectivity index (χ1n) is 10.1. The fourth-order valence-electron chi connectivity index (χ4n) is 3.45. The number of nitrogens with zero attached hydrogens (tertiary/aromatic N) is 3. The normalized spacial score (nSPS) is 18.6. The lowest BCUT2D eigenvalue weighted by Gasteiger charge is -2.36. The lowest BCUT2D eigenvalue weighted by atomic mass is 10.2. The second kappa shape index (κ2) is 10.1. The van der Waals surface area contributed by atoms with Gasteiger partial charge in [-0.25, -0.2) is 13.1 Å². The number of morpholine rings is 1. The molecular formula is C19H25F3N4O5S. The van der Waals surface area contributed by atoms with Crippen molar-refractivity contribution in [2.24, 2.45) is 0 Å². The topological polar surface area (TPSA) is 99.3 Å². The third-order valence-electron chi connectivity index (χ3n) is 5.33. The SMILES string of the molecule is O=C(CNS(=O)(=O)c1cccc(C(F)(F)F)c1)N1CCN(C(=O)CN2CCOCC2)CC1. The summed E-state index contributed by atoms with van der Waals surface area (Å²) in [6, 6.07) is 3.31. The van der Waals surface area contributed by atoms with Gasteiger partial charge in [0, 0.05) is 39.3 Å². The van der Waals surface area contributed by atoms with E-state index in [1.807, 2.05) is 4.90 Å². The number of rotatable bonds is 6. The van der Waals surface area contributed by atoms with Gasteiger partial charge in [-0.1, -0.05) is 6.07 Å². The van der Waals surface area contributed by atoms with Gasteiger partial charge in [-0.05, 0) is 18.2 Å². The molecule has 2 aliphatic rings. The lowest BCUT2D eigenvalue weighted by Crippen LogP contribution is -2.54. The highest BCUT2D eigenvalue weighted by atomic mass is 32.2. The molecule has 2 amide bonds. The zero-order valence-corrected chi connectivity index (χ0v) is 18.1. The van der Waals surface area contributed by atoms with E-state index in [9.17, 15) is 31.2 Å². The Morgan fingerprint density at radius 3 is 2.16 bits per heavy atom. The number of piperazine rings is 1. The molecule has 2 fully saturated rings. The zero-order valence-electron chi connectivity index (χ0n) is 17.3. The number of carbonyl (C=O) groups excluding carboxylic acids is 2. The lowest BCUT2D eigenvalue weighted by molar-refractivity contribution is -0.140. The van der Waals surface area contributed by atoms with Crippen LogP contribution in [0.15, 0.2) is 29.2 Å². The van der Waals surface area contributed by atoms with Gasteiger partial charge in [0.25, 0.3) is 0 Å². The van der Waals surface area contributed by atoms with Crippen LogP contribution in [0.3, 0.4) is 0 Å². The monoisotopic (exact) mass is 478 g/mol. The smallest absolute Gasteiger partial charge is 0.379 e. The Kier molecular flexibility index (Phi) is 7.75. The van der Waals surface area contributed by atoms with Crippen molar-refractivity contribution in [2.75, 3.05) is 65.6 Å². The molecule has 2 aliphatic heterocycles. The van der Waals surface area contributed by atoms with E-state index in [-0.39, 0.29) is 25.5 Å². The number of benzene rings is 1. The summed E-state index contributed by atoms with van der Waals surface area (Å²) < 4.78 is 70.4. The third-order valence-corrected chi connectivity index (χ3v) is 6.73. The van der Waals surface area contributed by atoms with Crippen LogP contribution < -0.4 is 4.72 Å². The van der Waals surface area contributed by atoms with Crippen LogP contribution in [0.2, 0.25) is 0 Å². The number of ether oxygens (including phenoxy) is 1. The van der Waals surface area contributed by atoms with E-state index >= 15 is 0 Å². The van der Waals surface area contributed by atoms with Gasteiger partial charge in [-0.2, -0.15) is 13.2 Å². The summed E-state index contributed by atoms with van der Waals surface area (Å²) in [6.45, 7) is 3.42. The fraction of sp³-hybridized carbons (Fsp3) is 0.579. The largest absolute Gasteiger partial charge is 0.416 e. The molecule has 0 aliphatic carbocycles. The number of alkyl halides is 3. The van der Waals surface area contributed by atoms with Crippen molar-refractivity contribution in [2.45, 2.75) is 11.1 Å². The molecule has 0 saturated carbocycles. The maximum Gasteiger partial charge on any atom is 0.416 e. The molecule has 13 heteroatoms. The highest BCUT2D eigenvalue weighted by Crippen LogP contribution is 2.30. The summed E-state index contributed by atoms with van der Waals surface area (Å²) in [6.07, 6.45) is -4.68. The van der Waals surface area contributed by atoms with Gasteiger partial charge in [-0.15, -0.1) is 0 Å². The van der Waals surface area contributed by atoms with Crippen LogP contribution in [0.5, 0.6) is 0 Å².